The normalized spacial score (nSPS) is 15.6. The number of nitrogens with one attached hydrogen (secondary N) is 1. The number of piperidine rings is 1. The van der Waals surface area contributed by atoms with Crippen molar-refractivity contribution in [1.29, 1.82) is 0 Å². The van der Waals surface area contributed by atoms with Gasteiger partial charge in [0.05, 0.1) is 19.0 Å². The number of hydrogen-bond acceptors (Lipinski definition) is 5. The fourth-order valence-electron chi connectivity index (χ4n) is 5.53. The summed E-state index contributed by atoms with van der Waals surface area (Å²) in [6.45, 7) is 4.97. The molecule has 8 heteroatoms. The maximum absolute atomic E-state index is 13.4. The quantitative estimate of drug-likeness (QED) is 0.338. The zero-order valence-corrected chi connectivity index (χ0v) is 21.5. The van der Waals surface area contributed by atoms with Crippen LogP contribution in [0.4, 0.5) is 14.5 Å². The Kier molecular flexibility index (Phi) is 8.59. The Morgan fingerprint density at radius 2 is 1.89 bits per heavy atom. The standard InChI is InChI=1S/C29H35F2N3O3/c1-20-19-33-27-6-5-24(37-2)17-26(27)25(20)4-3-7-29(18-28(35)36)8-11-34(12-9-29)13-10-32-23-15-21(30)14-22(31)16-23/h5-6,14-17,19,32H,3-4,7-13,18H2,1-2H3,(H,35,36). The second kappa shape index (κ2) is 11.9. The highest BCUT2D eigenvalue weighted by Crippen LogP contribution is 2.40. The number of hydrogen-bond donors (Lipinski definition) is 2. The van der Waals surface area contributed by atoms with Crippen molar-refractivity contribution in [1.82, 2.24) is 9.88 Å². The van der Waals surface area contributed by atoms with Gasteiger partial charge in [-0.1, -0.05) is 0 Å². The van der Waals surface area contributed by atoms with E-state index in [-0.39, 0.29) is 11.8 Å². The summed E-state index contributed by atoms with van der Waals surface area (Å²) in [5, 5.41) is 13.8. The van der Waals surface area contributed by atoms with Crippen molar-refractivity contribution in [3.63, 3.8) is 0 Å². The molecule has 0 amide bonds. The van der Waals surface area contributed by atoms with Gasteiger partial charge in [-0.05, 0) is 99.0 Å². The monoisotopic (exact) mass is 511 g/mol. The largest absolute Gasteiger partial charge is 0.497 e. The van der Waals surface area contributed by atoms with Crippen LogP contribution in [0.25, 0.3) is 10.9 Å². The van der Waals surface area contributed by atoms with Crippen molar-refractivity contribution in [3.05, 3.63) is 65.4 Å². The number of anilines is 1. The van der Waals surface area contributed by atoms with E-state index in [0.29, 0.717) is 12.2 Å². The Morgan fingerprint density at radius 3 is 2.57 bits per heavy atom. The van der Waals surface area contributed by atoms with Gasteiger partial charge in [0.1, 0.15) is 17.4 Å². The van der Waals surface area contributed by atoms with Crippen molar-refractivity contribution in [2.45, 2.75) is 45.4 Å². The topological polar surface area (TPSA) is 74.7 Å². The van der Waals surface area contributed by atoms with Gasteiger partial charge in [0.25, 0.3) is 0 Å². The van der Waals surface area contributed by atoms with E-state index in [4.69, 9.17) is 4.74 Å². The first-order valence-corrected chi connectivity index (χ1v) is 12.8. The van der Waals surface area contributed by atoms with Gasteiger partial charge in [-0.15, -0.1) is 0 Å². The van der Waals surface area contributed by atoms with Crippen LogP contribution in [0.2, 0.25) is 0 Å². The van der Waals surface area contributed by atoms with Crippen molar-refractivity contribution in [3.8, 4) is 5.75 Å². The zero-order valence-electron chi connectivity index (χ0n) is 21.5. The molecule has 0 atom stereocenters. The summed E-state index contributed by atoms with van der Waals surface area (Å²) in [5.74, 6) is -1.16. The van der Waals surface area contributed by atoms with E-state index < -0.39 is 17.6 Å². The Balaban J connectivity index is 1.34. The number of carboxylic acid groups (broad SMARTS) is 1. The van der Waals surface area contributed by atoms with Gasteiger partial charge >= 0.3 is 5.97 Å². The number of nitrogens with zero attached hydrogens (tertiary/aromatic N) is 2. The fraction of sp³-hybridized carbons (Fsp3) is 0.448. The van der Waals surface area contributed by atoms with Crippen molar-refractivity contribution < 1.29 is 23.4 Å². The minimum absolute atomic E-state index is 0.172. The highest BCUT2D eigenvalue weighted by Gasteiger charge is 2.36. The second-order valence-electron chi connectivity index (χ2n) is 10.2. The number of carboxylic acids is 1. The number of aliphatic carboxylic acids is 1. The Hall–Kier alpha value is -3.26. The van der Waals surface area contributed by atoms with Gasteiger partial charge < -0.3 is 20.1 Å². The molecule has 2 aromatic carbocycles. The summed E-state index contributed by atoms with van der Waals surface area (Å²) in [6, 6.07) is 9.33. The van der Waals surface area contributed by atoms with Crippen LogP contribution in [0.1, 0.15) is 43.2 Å². The molecule has 1 aromatic heterocycles. The minimum atomic E-state index is -0.751. The van der Waals surface area contributed by atoms with E-state index in [0.717, 1.165) is 80.0 Å². The van der Waals surface area contributed by atoms with Crippen molar-refractivity contribution in [2.24, 2.45) is 5.41 Å². The van der Waals surface area contributed by atoms with Crippen LogP contribution in [-0.4, -0.2) is 54.2 Å². The molecular formula is C29H35F2N3O3. The number of methoxy groups -OCH3 is 1. The van der Waals surface area contributed by atoms with Crippen molar-refractivity contribution in [2.75, 3.05) is 38.6 Å². The first kappa shape index (κ1) is 26.8. The lowest BCUT2D eigenvalue weighted by atomic mass is 9.72. The van der Waals surface area contributed by atoms with Crippen LogP contribution in [0.5, 0.6) is 5.75 Å². The predicted octanol–water partition coefficient (Wildman–Crippen LogP) is 5.82. The SMILES string of the molecule is COc1ccc2ncc(C)c(CCCC3(CC(=O)O)CCN(CCNc4cc(F)cc(F)c4)CC3)c2c1. The third kappa shape index (κ3) is 6.95. The highest BCUT2D eigenvalue weighted by molar-refractivity contribution is 5.84. The molecule has 1 saturated heterocycles. The van der Waals surface area contributed by atoms with E-state index in [1.54, 1.807) is 7.11 Å². The van der Waals surface area contributed by atoms with Crippen LogP contribution >= 0.6 is 0 Å². The van der Waals surface area contributed by atoms with Gasteiger partial charge in [0, 0.05) is 36.4 Å². The molecule has 3 aromatic rings. The van der Waals surface area contributed by atoms with Gasteiger partial charge in [0.15, 0.2) is 0 Å². The number of fused-ring (bicyclic) bond motifs is 1. The number of pyridine rings is 1. The lowest BCUT2D eigenvalue weighted by Gasteiger charge is -2.41. The van der Waals surface area contributed by atoms with E-state index >= 15 is 0 Å². The summed E-state index contributed by atoms with van der Waals surface area (Å²) in [5.41, 5.74) is 3.51. The molecular weight excluding hydrogens is 476 g/mol. The predicted molar refractivity (Wildman–Crippen MR) is 141 cm³/mol. The van der Waals surface area contributed by atoms with E-state index in [1.807, 2.05) is 24.4 Å². The third-order valence-corrected chi connectivity index (χ3v) is 7.60. The fourth-order valence-corrected chi connectivity index (χ4v) is 5.53. The summed E-state index contributed by atoms with van der Waals surface area (Å²) in [6.07, 6.45) is 6.32. The average molecular weight is 512 g/mol. The highest BCUT2D eigenvalue weighted by atomic mass is 19.1. The zero-order chi connectivity index (χ0) is 26.4. The molecule has 0 bridgehead atoms. The molecule has 4 rings (SSSR count). The smallest absolute Gasteiger partial charge is 0.303 e. The molecule has 2 N–H and O–H groups in total. The summed E-state index contributed by atoms with van der Waals surface area (Å²) >= 11 is 0. The van der Waals surface area contributed by atoms with Gasteiger partial charge in [-0.3, -0.25) is 9.78 Å². The van der Waals surface area contributed by atoms with Crippen LogP contribution < -0.4 is 10.1 Å². The summed E-state index contributed by atoms with van der Waals surface area (Å²) in [7, 11) is 1.66. The van der Waals surface area contributed by atoms with Gasteiger partial charge in [0.2, 0.25) is 0 Å². The van der Waals surface area contributed by atoms with Crippen LogP contribution in [0.15, 0.2) is 42.6 Å². The Morgan fingerprint density at radius 1 is 1.16 bits per heavy atom. The maximum Gasteiger partial charge on any atom is 0.303 e. The number of ether oxygens (including phenoxy) is 1. The first-order valence-electron chi connectivity index (χ1n) is 12.8. The molecule has 0 saturated carbocycles. The summed E-state index contributed by atoms with van der Waals surface area (Å²) in [4.78, 5) is 18.6. The Bertz CT molecular complexity index is 1220. The minimum Gasteiger partial charge on any atom is -0.497 e. The second-order valence-corrected chi connectivity index (χ2v) is 10.2. The van der Waals surface area contributed by atoms with Crippen LogP contribution in [0.3, 0.4) is 0 Å². The number of halogens is 2. The number of rotatable bonds is 11. The third-order valence-electron chi connectivity index (χ3n) is 7.60. The Labute approximate surface area is 216 Å². The number of benzene rings is 2. The van der Waals surface area contributed by atoms with E-state index in [2.05, 4.69) is 22.1 Å². The number of aromatic nitrogens is 1. The molecule has 198 valence electrons. The van der Waals surface area contributed by atoms with Crippen LogP contribution in [0, 0.1) is 24.0 Å². The molecule has 0 radical (unpaired) electrons. The lowest BCUT2D eigenvalue weighted by Crippen LogP contribution is -2.43. The molecule has 2 heterocycles. The summed E-state index contributed by atoms with van der Waals surface area (Å²) < 4.78 is 32.2. The molecule has 1 aliphatic rings. The number of aryl methyl sites for hydroxylation is 2. The van der Waals surface area contributed by atoms with E-state index in [9.17, 15) is 18.7 Å². The lowest BCUT2D eigenvalue weighted by molar-refractivity contribution is -0.140. The van der Waals surface area contributed by atoms with Crippen LogP contribution in [-0.2, 0) is 11.2 Å². The van der Waals surface area contributed by atoms with Gasteiger partial charge in [-0.25, -0.2) is 8.78 Å². The molecule has 0 aliphatic carbocycles. The maximum atomic E-state index is 13.4. The first-order chi connectivity index (χ1) is 17.8. The van der Waals surface area contributed by atoms with Crippen molar-refractivity contribution >= 4 is 22.6 Å². The molecule has 0 unspecified atom stereocenters. The average Bonchev–Trinajstić information content (AvgIpc) is 2.85. The molecule has 1 fully saturated rings. The molecule has 37 heavy (non-hydrogen) atoms. The molecule has 0 spiro atoms. The van der Waals surface area contributed by atoms with Gasteiger partial charge in [-0.2, -0.15) is 0 Å². The molecule has 1 aliphatic heterocycles. The number of likely N-dealkylation sites (tertiary alicyclic amines) is 1. The van der Waals surface area contributed by atoms with E-state index in [1.165, 1.54) is 17.7 Å². The number of carbonyl (C=O) groups is 1. The molecule has 6 nitrogen and oxygen atoms in total.